The lowest BCUT2D eigenvalue weighted by Crippen LogP contribution is -1.99. The molecule has 4 nitrogen and oxygen atoms in total. The van der Waals surface area contributed by atoms with Gasteiger partial charge in [0.25, 0.3) is 0 Å². The van der Waals surface area contributed by atoms with Crippen LogP contribution in [0.25, 0.3) is 21.8 Å². The van der Waals surface area contributed by atoms with Crippen LogP contribution in [0.15, 0.2) is 42.6 Å². The predicted octanol–water partition coefficient (Wildman–Crippen LogP) is 4.91. The lowest BCUT2D eigenvalue weighted by molar-refractivity contribution is 0.741. The van der Waals surface area contributed by atoms with Gasteiger partial charge in [-0.25, -0.2) is 0 Å². The highest BCUT2D eigenvalue weighted by molar-refractivity contribution is 5.82. The fraction of sp³-hybridized carbons (Fsp3) is 0.300. The number of benzene rings is 2. The molecular weight excluding hydrogens is 296 g/mol. The molecule has 0 bridgehead atoms. The molecule has 4 rings (SSSR count). The molecule has 4 heteroatoms. The van der Waals surface area contributed by atoms with Crippen LogP contribution in [0.3, 0.4) is 0 Å². The summed E-state index contributed by atoms with van der Waals surface area (Å²) in [7, 11) is 0. The Morgan fingerprint density at radius 2 is 1.79 bits per heavy atom. The molecule has 2 aromatic heterocycles. The van der Waals surface area contributed by atoms with Gasteiger partial charge in [-0.15, -0.1) is 0 Å². The molecule has 0 fully saturated rings. The molecule has 122 valence electrons. The minimum absolute atomic E-state index is 0.415. The number of fused-ring (bicyclic) bond motifs is 2. The number of aromatic amines is 2. The summed E-state index contributed by atoms with van der Waals surface area (Å²) in [6, 6.07) is 13.1. The predicted molar refractivity (Wildman–Crippen MR) is 98.4 cm³/mol. The third-order valence-electron chi connectivity index (χ3n) is 4.87. The van der Waals surface area contributed by atoms with Gasteiger partial charge in [-0.2, -0.15) is 10.2 Å². The molecule has 0 amide bonds. The first-order chi connectivity index (χ1) is 11.6. The number of nitrogens with zero attached hydrogens (tertiary/aromatic N) is 2. The first kappa shape index (κ1) is 14.9. The van der Waals surface area contributed by atoms with E-state index in [0.29, 0.717) is 11.8 Å². The molecule has 4 aromatic rings. The molecule has 2 aromatic carbocycles. The summed E-state index contributed by atoms with van der Waals surface area (Å²) >= 11 is 0. The second-order valence-corrected chi connectivity index (χ2v) is 6.96. The zero-order chi connectivity index (χ0) is 16.7. The summed E-state index contributed by atoms with van der Waals surface area (Å²) in [5.74, 6) is 0.938. The summed E-state index contributed by atoms with van der Waals surface area (Å²) < 4.78 is 0. The lowest BCUT2D eigenvalue weighted by atomic mass is 9.93. The summed E-state index contributed by atoms with van der Waals surface area (Å²) in [5, 5.41) is 17.3. The highest BCUT2D eigenvalue weighted by Crippen LogP contribution is 2.27. The van der Waals surface area contributed by atoms with Gasteiger partial charge in [0.1, 0.15) is 0 Å². The Morgan fingerprint density at radius 1 is 0.958 bits per heavy atom. The highest BCUT2D eigenvalue weighted by Gasteiger charge is 2.13. The SMILES string of the molecule is CC(C)c1ccc2c(CC(C)c3ccc4[nH]ncc4c3)[nH]nc2c1. The molecule has 0 aliphatic rings. The Hall–Kier alpha value is -2.62. The molecule has 0 aliphatic heterocycles. The smallest absolute Gasteiger partial charge is 0.0926 e. The van der Waals surface area contributed by atoms with E-state index in [1.54, 1.807) is 0 Å². The Labute approximate surface area is 141 Å². The largest absolute Gasteiger partial charge is 0.281 e. The molecule has 1 unspecified atom stereocenters. The van der Waals surface area contributed by atoms with Crippen molar-refractivity contribution in [3.05, 3.63) is 59.4 Å². The van der Waals surface area contributed by atoms with E-state index in [1.165, 1.54) is 22.2 Å². The van der Waals surface area contributed by atoms with Crippen LogP contribution in [0, 0.1) is 0 Å². The van der Waals surface area contributed by atoms with Crippen molar-refractivity contribution in [2.75, 3.05) is 0 Å². The highest BCUT2D eigenvalue weighted by atomic mass is 15.1. The monoisotopic (exact) mass is 318 g/mol. The zero-order valence-corrected chi connectivity index (χ0v) is 14.3. The summed E-state index contributed by atoms with van der Waals surface area (Å²) in [6.45, 7) is 6.68. The molecule has 0 saturated heterocycles. The maximum Gasteiger partial charge on any atom is 0.0926 e. The maximum atomic E-state index is 4.51. The van der Waals surface area contributed by atoms with Gasteiger partial charge < -0.3 is 0 Å². The third-order valence-corrected chi connectivity index (χ3v) is 4.87. The van der Waals surface area contributed by atoms with Crippen molar-refractivity contribution in [2.24, 2.45) is 0 Å². The van der Waals surface area contributed by atoms with E-state index in [0.717, 1.165) is 22.8 Å². The van der Waals surface area contributed by atoms with Gasteiger partial charge in [0.2, 0.25) is 0 Å². The van der Waals surface area contributed by atoms with E-state index in [2.05, 4.69) is 77.6 Å². The van der Waals surface area contributed by atoms with E-state index in [9.17, 15) is 0 Å². The topological polar surface area (TPSA) is 57.4 Å². The van der Waals surface area contributed by atoms with Crippen LogP contribution in [0.4, 0.5) is 0 Å². The van der Waals surface area contributed by atoms with Gasteiger partial charge >= 0.3 is 0 Å². The van der Waals surface area contributed by atoms with Gasteiger partial charge in [-0.1, -0.05) is 39.0 Å². The van der Waals surface area contributed by atoms with Crippen LogP contribution in [-0.2, 0) is 6.42 Å². The maximum absolute atomic E-state index is 4.51. The number of aromatic nitrogens is 4. The second kappa shape index (κ2) is 5.78. The standard InChI is InChI=1S/C20H22N4/c1-12(2)14-4-6-17-19(23-24-20(17)10-14)8-13(3)15-5-7-18-16(9-15)11-21-22-18/h4-7,9-13H,8H2,1-3H3,(H,21,22)(H,23,24). The van der Waals surface area contributed by atoms with Crippen molar-refractivity contribution in [1.82, 2.24) is 20.4 Å². The van der Waals surface area contributed by atoms with Crippen molar-refractivity contribution < 1.29 is 0 Å². The Morgan fingerprint density at radius 3 is 2.62 bits per heavy atom. The summed E-state index contributed by atoms with van der Waals surface area (Å²) in [6.07, 6.45) is 2.82. The average molecular weight is 318 g/mol. The zero-order valence-electron chi connectivity index (χ0n) is 14.3. The van der Waals surface area contributed by atoms with Crippen LogP contribution in [0.2, 0.25) is 0 Å². The van der Waals surface area contributed by atoms with E-state index in [4.69, 9.17) is 0 Å². The van der Waals surface area contributed by atoms with Crippen molar-refractivity contribution in [3.8, 4) is 0 Å². The average Bonchev–Trinajstić information content (AvgIpc) is 3.20. The van der Waals surface area contributed by atoms with Crippen LogP contribution in [0.1, 0.15) is 49.4 Å². The van der Waals surface area contributed by atoms with Gasteiger partial charge in [0.15, 0.2) is 0 Å². The summed E-state index contributed by atoms with van der Waals surface area (Å²) in [4.78, 5) is 0. The number of nitrogens with one attached hydrogen (secondary N) is 2. The van der Waals surface area contributed by atoms with Gasteiger partial charge in [0.05, 0.1) is 17.2 Å². The fourth-order valence-electron chi connectivity index (χ4n) is 3.29. The van der Waals surface area contributed by atoms with Crippen LogP contribution >= 0.6 is 0 Å². The molecule has 0 radical (unpaired) electrons. The van der Waals surface area contributed by atoms with E-state index in [-0.39, 0.29) is 0 Å². The van der Waals surface area contributed by atoms with E-state index >= 15 is 0 Å². The van der Waals surface area contributed by atoms with E-state index < -0.39 is 0 Å². The third kappa shape index (κ3) is 2.58. The molecule has 24 heavy (non-hydrogen) atoms. The van der Waals surface area contributed by atoms with E-state index in [1.807, 2.05) is 6.20 Å². The van der Waals surface area contributed by atoms with Gasteiger partial charge in [-0.3, -0.25) is 10.2 Å². The molecule has 2 heterocycles. The van der Waals surface area contributed by atoms with Crippen LogP contribution in [0.5, 0.6) is 0 Å². The second-order valence-electron chi connectivity index (χ2n) is 6.96. The first-order valence-electron chi connectivity index (χ1n) is 8.51. The molecule has 1 atom stereocenters. The number of rotatable bonds is 4. The van der Waals surface area contributed by atoms with Crippen molar-refractivity contribution >= 4 is 21.8 Å². The van der Waals surface area contributed by atoms with Crippen LogP contribution < -0.4 is 0 Å². The lowest BCUT2D eigenvalue weighted by Gasteiger charge is -2.11. The Kier molecular flexibility index (Phi) is 3.60. The van der Waals surface area contributed by atoms with Gasteiger partial charge in [-0.05, 0) is 47.6 Å². The van der Waals surface area contributed by atoms with Crippen molar-refractivity contribution in [2.45, 2.75) is 39.0 Å². The van der Waals surface area contributed by atoms with Gasteiger partial charge in [0, 0.05) is 16.5 Å². The minimum Gasteiger partial charge on any atom is -0.281 e. The Bertz CT molecular complexity index is 993. The van der Waals surface area contributed by atoms with Crippen molar-refractivity contribution in [3.63, 3.8) is 0 Å². The minimum atomic E-state index is 0.415. The molecular formula is C20H22N4. The normalized spacial score (nSPS) is 13.2. The molecule has 0 aliphatic carbocycles. The molecule has 0 saturated carbocycles. The fourth-order valence-corrected chi connectivity index (χ4v) is 3.29. The van der Waals surface area contributed by atoms with Crippen LogP contribution in [-0.4, -0.2) is 20.4 Å². The first-order valence-corrected chi connectivity index (χ1v) is 8.51. The van der Waals surface area contributed by atoms with Crippen molar-refractivity contribution in [1.29, 1.82) is 0 Å². The molecule has 2 N–H and O–H groups in total. The Balaban J connectivity index is 1.63. The summed E-state index contributed by atoms with van der Waals surface area (Å²) in [5.41, 5.74) is 6.01. The molecule has 0 spiro atoms. The quantitative estimate of drug-likeness (QED) is 0.562. The number of H-pyrrole nitrogens is 2. The number of hydrogen-bond acceptors (Lipinski definition) is 2. The number of hydrogen-bond donors (Lipinski definition) is 2.